The van der Waals surface area contributed by atoms with E-state index >= 15 is 0 Å². The van der Waals surface area contributed by atoms with Crippen LogP contribution in [-0.2, 0) is 0 Å². The smallest absolute Gasteiger partial charge is 0.0110 e. The maximum absolute atomic E-state index is 5.94. The molecule has 0 bridgehead atoms. The molecule has 1 rings (SSSR count). The lowest BCUT2D eigenvalue weighted by molar-refractivity contribution is 0.142. The highest BCUT2D eigenvalue weighted by molar-refractivity contribution is 4.75. The van der Waals surface area contributed by atoms with Crippen LogP contribution in [0.2, 0.25) is 0 Å². The van der Waals surface area contributed by atoms with Crippen molar-refractivity contribution < 1.29 is 0 Å². The maximum Gasteiger partial charge on any atom is 0.0110 e. The molecule has 2 nitrogen and oxygen atoms in total. The van der Waals surface area contributed by atoms with E-state index in [-0.39, 0.29) is 5.41 Å². The largest absolute Gasteiger partial charge is 0.304 e. The predicted molar refractivity (Wildman–Crippen MR) is 56.6 cm³/mol. The van der Waals surface area contributed by atoms with E-state index in [0.717, 1.165) is 13.0 Å². The van der Waals surface area contributed by atoms with Gasteiger partial charge in [-0.3, -0.25) is 0 Å². The van der Waals surface area contributed by atoms with E-state index in [9.17, 15) is 0 Å². The molecule has 0 N–H and O–H groups in total. The van der Waals surface area contributed by atoms with Gasteiger partial charge in [0.25, 0.3) is 0 Å². The molecule has 0 unspecified atom stereocenters. The molecule has 76 valence electrons. The molecule has 0 aromatic carbocycles. The summed E-state index contributed by atoms with van der Waals surface area (Å²) in [5.41, 5.74) is -0.0106. The molecule has 1 fully saturated rings. The van der Waals surface area contributed by atoms with Crippen molar-refractivity contribution in [3.63, 3.8) is 0 Å². The third-order valence-corrected chi connectivity index (χ3v) is 2.67. The average Bonchev–Trinajstić information content (AvgIpc) is 2.02. The highest BCUT2D eigenvalue weighted by Crippen LogP contribution is 2.18. The van der Waals surface area contributed by atoms with E-state index in [0.29, 0.717) is 0 Å². The highest BCUT2D eigenvalue weighted by Gasteiger charge is 2.16. The Morgan fingerprint density at radius 3 is 2.15 bits per heavy atom. The summed E-state index contributed by atoms with van der Waals surface area (Å²) >= 11 is 0. The van der Waals surface area contributed by atoms with Gasteiger partial charge in [0.15, 0.2) is 0 Å². The van der Waals surface area contributed by atoms with Crippen LogP contribution in [0.15, 0.2) is 0 Å². The van der Waals surface area contributed by atoms with Gasteiger partial charge in [-0.15, -0.1) is 0 Å². The second kappa shape index (κ2) is 4.43. The lowest BCUT2D eigenvalue weighted by Gasteiger charge is -2.33. The van der Waals surface area contributed by atoms with Crippen LogP contribution >= 0.6 is 0 Å². The van der Waals surface area contributed by atoms with Gasteiger partial charge in [-0.2, -0.15) is 0 Å². The molecule has 2 radical (unpaired) electrons. The van der Waals surface area contributed by atoms with Gasteiger partial charge in [0.05, 0.1) is 0 Å². The Morgan fingerprint density at radius 1 is 1.15 bits per heavy atom. The fourth-order valence-electron chi connectivity index (χ4n) is 1.52. The van der Waals surface area contributed by atoms with Gasteiger partial charge in [-0.1, -0.05) is 13.8 Å². The van der Waals surface area contributed by atoms with E-state index in [1.807, 2.05) is 0 Å². The third kappa shape index (κ3) is 4.63. The standard InChI is InChI=1S/C11H22N2/c1-11(2,3)5-6-13-9-7-12(4)8-10-13/h1H,5-10H2,2-4H3. The van der Waals surface area contributed by atoms with Gasteiger partial charge in [0.1, 0.15) is 0 Å². The first kappa shape index (κ1) is 11.0. The van der Waals surface area contributed by atoms with Crippen molar-refractivity contribution >= 4 is 0 Å². The fraction of sp³-hybridized carbons (Fsp3) is 0.909. The van der Waals surface area contributed by atoms with Gasteiger partial charge in [-0.25, -0.2) is 0 Å². The lowest BCUT2D eigenvalue weighted by Crippen LogP contribution is -2.45. The highest BCUT2D eigenvalue weighted by atomic mass is 15.2. The molecule has 0 aromatic rings. The predicted octanol–water partition coefficient (Wildman–Crippen LogP) is 1.36. The Kier molecular flexibility index (Phi) is 3.74. The maximum atomic E-state index is 5.94. The van der Waals surface area contributed by atoms with E-state index in [4.69, 9.17) is 6.92 Å². The molecule has 2 heteroatoms. The van der Waals surface area contributed by atoms with Crippen molar-refractivity contribution in [1.29, 1.82) is 0 Å². The SMILES string of the molecule is [CH]C(C)(C)CCN1CCN(C)CC1. The van der Waals surface area contributed by atoms with E-state index in [2.05, 4.69) is 30.7 Å². The number of rotatable bonds is 3. The van der Waals surface area contributed by atoms with Crippen molar-refractivity contribution in [1.82, 2.24) is 9.80 Å². The van der Waals surface area contributed by atoms with Crippen molar-refractivity contribution in [2.45, 2.75) is 20.3 Å². The molecule has 1 aliphatic heterocycles. The van der Waals surface area contributed by atoms with E-state index in [1.54, 1.807) is 0 Å². The van der Waals surface area contributed by atoms with Crippen LogP contribution in [0, 0.1) is 12.3 Å². The molecular weight excluding hydrogens is 160 g/mol. The minimum Gasteiger partial charge on any atom is -0.304 e. The van der Waals surface area contributed by atoms with Crippen molar-refractivity contribution in [2.75, 3.05) is 39.8 Å². The summed E-state index contributed by atoms with van der Waals surface area (Å²) in [6.07, 6.45) is 1.09. The van der Waals surface area contributed by atoms with Crippen molar-refractivity contribution in [3.8, 4) is 0 Å². The zero-order valence-corrected chi connectivity index (χ0v) is 9.21. The molecule has 13 heavy (non-hydrogen) atoms. The fourth-order valence-corrected chi connectivity index (χ4v) is 1.52. The van der Waals surface area contributed by atoms with Crippen LogP contribution in [0.1, 0.15) is 20.3 Å². The van der Waals surface area contributed by atoms with Crippen LogP contribution in [0.5, 0.6) is 0 Å². The molecule has 0 saturated carbocycles. The molecule has 0 amide bonds. The molecule has 1 aliphatic rings. The molecule has 1 heterocycles. The summed E-state index contributed by atoms with van der Waals surface area (Å²) < 4.78 is 0. The van der Waals surface area contributed by atoms with Gasteiger partial charge in [0.2, 0.25) is 0 Å². The Labute approximate surface area is 82.9 Å². The van der Waals surface area contributed by atoms with Crippen molar-refractivity contribution in [2.24, 2.45) is 5.41 Å². The topological polar surface area (TPSA) is 6.48 Å². The molecule has 1 saturated heterocycles. The Hall–Kier alpha value is -0.0800. The van der Waals surface area contributed by atoms with Crippen LogP contribution in [-0.4, -0.2) is 49.6 Å². The van der Waals surface area contributed by atoms with E-state index < -0.39 is 0 Å². The lowest BCUT2D eigenvalue weighted by atomic mass is 9.92. The first-order valence-electron chi connectivity index (χ1n) is 5.17. The number of nitrogens with zero attached hydrogens (tertiary/aromatic N) is 2. The monoisotopic (exact) mass is 182 g/mol. The summed E-state index contributed by atoms with van der Waals surface area (Å²) in [5, 5.41) is 0. The Morgan fingerprint density at radius 2 is 1.69 bits per heavy atom. The van der Waals surface area contributed by atoms with Gasteiger partial charge >= 0.3 is 0 Å². The minimum absolute atomic E-state index is 0.0106. The van der Waals surface area contributed by atoms with E-state index in [1.165, 1.54) is 26.2 Å². The zero-order chi connectivity index (χ0) is 9.90. The summed E-state index contributed by atoms with van der Waals surface area (Å²) in [7, 11) is 2.18. The average molecular weight is 182 g/mol. The van der Waals surface area contributed by atoms with Gasteiger partial charge < -0.3 is 9.80 Å². The summed E-state index contributed by atoms with van der Waals surface area (Å²) in [6.45, 7) is 16.1. The van der Waals surface area contributed by atoms with Crippen LogP contribution in [0.25, 0.3) is 0 Å². The molecule has 0 atom stereocenters. The summed E-state index contributed by atoms with van der Waals surface area (Å²) in [6, 6.07) is 0. The van der Waals surface area contributed by atoms with Crippen LogP contribution < -0.4 is 0 Å². The normalized spacial score (nSPS) is 22.2. The molecular formula is C11H22N2. The molecule has 0 aliphatic carbocycles. The minimum atomic E-state index is -0.0106. The number of likely N-dealkylation sites (N-methyl/N-ethyl adjacent to an activating group) is 1. The molecule has 0 spiro atoms. The van der Waals surface area contributed by atoms with Gasteiger partial charge in [0, 0.05) is 26.2 Å². The van der Waals surface area contributed by atoms with Crippen LogP contribution in [0.3, 0.4) is 0 Å². The number of piperazine rings is 1. The Balaban J connectivity index is 2.16. The quantitative estimate of drug-likeness (QED) is 0.650. The summed E-state index contributed by atoms with van der Waals surface area (Å²) in [4.78, 5) is 4.89. The summed E-state index contributed by atoms with van der Waals surface area (Å²) in [5.74, 6) is 0. The third-order valence-electron chi connectivity index (χ3n) is 2.67. The second-order valence-corrected chi connectivity index (χ2v) is 4.88. The first-order valence-corrected chi connectivity index (χ1v) is 5.17. The van der Waals surface area contributed by atoms with Crippen molar-refractivity contribution in [3.05, 3.63) is 6.92 Å². The number of hydrogen-bond acceptors (Lipinski definition) is 2. The first-order chi connectivity index (χ1) is 5.97. The zero-order valence-electron chi connectivity index (χ0n) is 9.21. The van der Waals surface area contributed by atoms with Crippen LogP contribution in [0.4, 0.5) is 0 Å². The molecule has 0 aromatic heterocycles. The second-order valence-electron chi connectivity index (χ2n) is 4.88. The number of hydrogen-bond donors (Lipinski definition) is 0. The Bertz CT molecular complexity index is 141. The van der Waals surface area contributed by atoms with Gasteiger partial charge in [-0.05, 0) is 32.4 Å².